The van der Waals surface area contributed by atoms with Crippen LogP contribution in [0.5, 0.6) is 5.75 Å². The fourth-order valence-corrected chi connectivity index (χ4v) is 3.31. The second kappa shape index (κ2) is 7.28. The van der Waals surface area contributed by atoms with Crippen molar-refractivity contribution in [1.82, 2.24) is 10.2 Å². The summed E-state index contributed by atoms with van der Waals surface area (Å²) >= 11 is 0. The molecule has 0 amide bonds. The number of rotatable bonds is 5. The minimum Gasteiger partial charge on any atom is -0.497 e. The first-order valence-electron chi connectivity index (χ1n) is 8.27. The van der Waals surface area contributed by atoms with E-state index in [0.29, 0.717) is 6.04 Å². The first-order chi connectivity index (χ1) is 10.1. The summed E-state index contributed by atoms with van der Waals surface area (Å²) in [5.74, 6) is 0.931. The molecule has 1 fully saturated rings. The molecule has 0 bridgehead atoms. The second-order valence-electron chi connectivity index (χ2n) is 6.19. The molecule has 1 aliphatic heterocycles. The van der Waals surface area contributed by atoms with Gasteiger partial charge in [-0.2, -0.15) is 0 Å². The van der Waals surface area contributed by atoms with Crippen LogP contribution in [0.25, 0.3) is 0 Å². The van der Waals surface area contributed by atoms with Crippen molar-refractivity contribution in [1.29, 1.82) is 0 Å². The number of nitrogens with one attached hydrogen (secondary N) is 1. The Morgan fingerprint density at radius 2 is 1.90 bits per heavy atom. The molecule has 0 aliphatic carbocycles. The quantitative estimate of drug-likeness (QED) is 0.896. The van der Waals surface area contributed by atoms with Crippen LogP contribution in [0.4, 0.5) is 0 Å². The van der Waals surface area contributed by atoms with E-state index in [-0.39, 0.29) is 5.54 Å². The van der Waals surface area contributed by atoms with Crippen LogP contribution in [0.3, 0.4) is 0 Å². The molecule has 1 saturated heterocycles. The van der Waals surface area contributed by atoms with Gasteiger partial charge in [0.05, 0.1) is 7.11 Å². The predicted octanol–water partition coefficient (Wildman–Crippen LogP) is 3.61. The molecule has 0 spiro atoms. The number of methoxy groups -OCH3 is 1. The van der Waals surface area contributed by atoms with Crippen molar-refractivity contribution in [3.63, 3.8) is 0 Å². The summed E-state index contributed by atoms with van der Waals surface area (Å²) in [5, 5.41) is 3.79. The zero-order valence-corrected chi connectivity index (χ0v) is 14.0. The fourth-order valence-electron chi connectivity index (χ4n) is 3.31. The molecular weight excluding hydrogens is 260 g/mol. The van der Waals surface area contributed by atoms with E-state index in [2.05, 4.69) is 55.3 Å². The summed E-state index contributed by atoms with van der Waals surface area (Å²) in [6.45, 7) is 10.4. The molecule has 1 aliphatic rings. The van der Waals surface area contributed by atoms with Crippen LogP contribution in [-0.2, 0) is 0 Å². The van der Waals surface area contributed by atoms with Crippen molar-refractivity contribution in [3.8, 4) is 5.75 Å². The minimum atomic E-state index is 0.275. The lowest BCUT2D eigenvalue weighted by atomic mass is 9.91. The third-order valence-electron chi connectivity index (χ3n) is 5.13. The molecular formula is C18H30N2O. The lowest BCUT2D eigenvalue weighted by Crippen LogP contribution is -2.51. The van der Waals surface area contributed by atoms with Crippen molar-refractivity contribution >= 4 is 0 Å². The van der Waals surface area contributed by atoms with Gasteiger partial charge < -0.3 is 10.1 Å². The van der Waals surface area contributed by atoms with Crippen molar-refractivity contribution in [2.24, 2.45) is 0 Å². The van der Waals surface area contributed by atoms with Crippen molar-refractivity contribution in [3.05, 3.63) is 29.8 Å². The van der Waals surface area contributed by atoms with Gasteiger partial charge in [-0.3, -0.25) is 4.90 Å². The number of hydrogen-bond donors (Lipinski definition) is 1. The van der Waals surface area contributed by atoms with E-state index in [0.717, 1.165) is 18.8 Å². The topological polar surface area (TPSA) is 24.5 Å². The largest absolute Gasteiger partial charge is 0.497 e. The summed E-state index contributed by atoms with van der Waals surface area (Å²) in [7, 11) is 1.72. The van der Waals surface area contributed by atoms with E-state index >= 15 is 0 Å². The van der Waals surface area contributed by atoms with E-state index in [1.807, 2.05) is 0 Å². The Kier molecular flexibility index (Phi) is 5.65. The maximum absolute atomic E-state index is 5.26. The number of nitrogens with zero attached hydrogens (tertiary/aromatic N) is 1. The van der Waals surface area contributed by atoms with E-state index in [4.69, 9.17) is 4.74 Å². The van der Waals surface area contributed by atoms with Gasteiger partial charge in [0.15, 0.2) is 0 Å². The Morgan fingerprint density at radius 3 is 2.48 bits per heavy atom. The van der Waals surface area contributed by atoms with Crippen LogP contribution in [-0.4, -0.2) is 37.2 Å². The van der Waals surface area contributed by atoms with Crippen LogP contribution in [0, 0.1) is 0 Å². The molecule has 1 N–H and O–H groups in total. The summed E-state index contributed by atoms with van der Waals surface area (Å²) < 4.78 is 5.26. The van der Waals surface area contributed by atoms with Crippen LogP contribution in [0.15, 0.2) is 24.3 Å². The minimum absolute atomic E-state index is 0.275. The van der Waals surface area contributed by atoms with Gasteiger partial charge >= 0.3 is 0 Å². The maximum atomic E-state index is 5.26. The normalized spacial score (nSPS) is 20.8. The summed E-state index contributed by atoms with van der Waals surface area (Å²) in [6, 6.07) is 8.97. The van der Waals surface area contributed by atoms with Gasteiger partial charge in [0.1, 0.15) is 5.75 Å². The zero-order valence-electron chi connectivity index (χ0n) is 14.0. The molecule has 1 atom stereocenters. The van der Waals surface area contributed by atoms with Gasteiger partial charge in [-0.1, -0.05) is 26.0 Å². The van der Waals surface area contributed by atoms with Gasteiger partial charge in [-0.15, -0.1) is 0 Å². The average Bonchev–Trinajstić information content (AvgIpc) is 2.77. The lowest BCUT2D eigenvalue weighted by Gasteiger charge is -2.38. The van der Waals surface area contributed by atoms with Crippen molar-refractivity contribution in [2.75, 3.05) is 26.7 Å². The van der Waals surface area contributed by atoms with E-state index < -0.39 is 0 Å². The van der Waals surface area contributed by atoms with Crippen molar-refractivity contribution < 1.29 is 4.74 Å². The molecule has 0 radical (unpaired) electrons. The summed E-state index contributed by atoms with van der Waals surface area (Å²) in [4.78, 5) is 2.63. The van der Waals surface area contributed by atoms with Crippen LogP contribution in [0.2, 0.25) is 0 Å². The SMILES string of the molecule is CCC1(CC)CN(C(C)c2ccc(OC)cc2)CCCN1. The first kappa shape index (κ1) is 16.3. The third kappa shape index (κ3) is 3.78. The van der Waals surface area contributed by atoms with Gasteiger partial charge in [0.25, 0.3) is 0 Å². The standard InChI is InChI=1S/C18H30N2O/c1-5-18(6-2)14-20(13-7-12-19-18)15(3)16-8-10-17(21-4)11-9-16/h8-11,15,19H,5-7,12-14H2,1-4H3. The maximum Gasteiger partial charge on any atom is 0.118 e. The monoisotopic (exact) mass is 290 g/mol. The van der Waals surface area contributed by atoms with E-state index in [1.165, 1.54) is 31.4 Å². The zero-order chi connectivity index (χ0) is 15.3. The highest BCUT2D eigenvalue weighted by Gasteiger charge is 2.32. The van der Waals surface area contributed by atoms with Gasteiger partial charge in [-0.25, -0.2) is 0 Å². The van der Waals surface area contributed by atoms with Gasteiger partial charge in [0, 0.05) is 24.7 Å². The number of benzene rings is 1. The Balaban J connectivity index is 2.13. The molecule has 118 valence electrons. The molecule has 0 saturated carbocycles. The van der Waals surface area contributed by atoms with Gasteiger partial charge in [0.2, 0.25) is 0 Å². The molecule has 1 unspecified atom stereocenters. The molecule has 2 rings (SSSR count). The highest BCUT2D eigenvalue weighted by Crippen LogP contribution is 2.28. The number of hydrogen-bond acceptors (Lipinski definition) is 3. The molecule has 3 nitrogen and oxygen atoms in total. The van der Waals surface area contributed by atoms with E-state index in [1.54, 1.807) is 7.11 Å². The van der Waals surface area contributed by atoms with E-state index in [9.17, 15) is 0 Å². The summed E-state index contributed by atoms with van der Waals surface area (Å²) in [5.41, 5.74) is 1.65. The van der Waals surface area contributed by atoms with Gasteiger partial charge in [-0.05, 0) is 50.4 Å². The van der Waals surface area contributed by atoms with Crippen molar-refractivity contribution in [2.45, 2.75) is 51.6 Å². The molecule has 21 heavy (non-hydrogen) atoms. The molecule has 1 aromatic rings. The molecule has 1 heterocycles. The number of ether oxygens (including phenoxy) is 1. The Bertz CT molecular complexity index is 425. The smallest absolute Gasteiger partial charge is 0.118 e. The lowest BCUT2D eigenvalue weighted by molar-refractivity contribution is 0.157. The Labute approximate surface area is 129 Å². The fraction of sp³-hybridized carbons (Fsp3) is 0.667. The second-order valence-corrected chi connectivity index (χ2v) is 6.19. The highest BCUT2D eigenvalue weighted by molar-refractivity contribution is 5.29. The molecule has 0 aromatic heterocycles. The molecule has 1 aromatic carbocycles. The van der Waals surface area contributed by atoms with Crippen LogP contribution in [0.1, 0.15) is 51.6 Å². The first-order valence-corrected chi connectivity index (χ1v) is 8.27. The Hall–Kier alpha value is -1.06. The van der Waals surface area contributed by atoms with Crippen LogP contribution < -0.4 is 10.1 Å². The third-order valence-corrected chi connectivity index (χ3v) is 5.13. The Morgan fingerprint density at radius 1 is 1.24 bits per heavy atom. The van der Waals surface area contributed by atoms with Crippen LogP contribution >= 0.6 is 0 Å². The summed E-state index contributed by atoms with van der Waals surface area (Å²) in [6.07, 6.45) is 3.60. The average molecular weight is 290 g/mol. The predicted molar refractivity (Wildman–Crippen MR) is 88.9 cm³/mol. The molecule has 3 heteroatoms. The highest BCUT2D eigenvalue weighted by atomic mass is 16.5.